The van der Waals surface area contributed by atoms with Gasteiger partial charge in [-0.2, -0.15) is 0 Å². The number of amides is 5. The Labute approximate surface area is 436 Å². The summed E-state index contributed by atoms with van der Waals surface area (Å²) in [5.41, 5.74) is 9.31. The summed E-state index contributed by atoms with van der Waals surface area (Å²) in [6, 6.07) is 28.6. The zero-order valence-electron chi connectivity index (χ0n) is 42.8. The molecule has 5 amide bonds. The first kappa shape index (κ1) is 51.7. The number of hydrogen-bond donors (Lipinski definition) is 3. The SMILES string of the molecule is CNC(=O)CCCCC(=O)CCC(=O)NCC(=O)CCC(=O)Nc1cc(COc2cc3c(cc2C)C(=O)N2c4ccccc4C[C@H]2[C-]=[N+]3C)cc(COc2cc3c(cc2OC)C(=O)N2c4ccccc4C[C@H]2CC3)c1. The van der Waals surface area contributed by atoms with E-state index >= 15 is 0 Å². The number of carbonyl (C=O) groups excluding carboxylic acids is 7. The van der Waals surface area contributed by atoms with Crippen LogP contribution in [0.5, 0.6) is 17.2 Å². The molecule has 9 rings (SSSR count). The number of aryl methyl sites for hydroxylation is 2. The fourth-order valence-corrected chi connectivity index (χ4v) is 10.4. The highest BCUT2D eigenvalue weighted by Gasteiger charge is 2.38. The van der Waals surface area contributed by atoms with Gasteiger partial charge in [-0.15, -0.1) is 0 Å². The third kappa shape index (κ3) is 11.8. The molecular weight excluding hydrogens is 953 g/mol. The van der Waals surface area contributed by atoms with Crippen LogP contribution in [0.1, 0.15) is 112 Å². The van der Waals surface area contributed by atoms with Gasteiger partial charge in [-0.25, -0.2) is 0 Å². The standard InChI is InChI=1S/C59H62N6O10/c1-36-23-48-51(63(3)33-44-28-41-12-6-9-15-50(41)65(44)59(48)72)31-52(36)74-34-37-24-38(26-42(25-37)62-57(70)22-20-46(67)32-61-56(69)21-19-45(66)13-7-10-16-55(68)60-2)35-75-54-29-39-17-18-43-27-40-11-5-8-14-49(40)64(43)58(71)47(39)30-53(54)73-4/h5-6,8-9,11-12,14-15,23-26,29-31,43-44H,7,10,13,16-22,27-28,32,34-35H2,1-4H3,(H,60,68)(H,61,69)(H,62,70)/t43-,44+/m1/s1. The summed E-state index contributed by atoms with van der Waals surface area (Å²) < 4.78 is 20.7. The number of hydrogen-bond acceptors (Lipinski definition) is 10. The third-order valence-electron chi connectivity index (χ3n) is 14.3. The highest BCUT2D eigenvalue weighted by Crippen LogP contribution is 2.42. The maximum atomic E-state index is 14.2. The fraction of sp³-hybridized carbons (Fsp3) is 0.356. The van der Waals surface area contributed by atoms with Gasteiger partial charge in [0.1, 0.15) is 31.8 Å². The summed E-state index contributed by atoms with van der Waals surface area (Å²) in [6.07, 6.45) is 7.85. The number of Topliss-reactive ketones (excluding diaryl/α,β-unsaturated/α-hetero) is 2. The Kier molecular flexibility index (Phi) is 15.8. The normalized spacial score (nSPS) is 15.9. The number of fused-ring (bicyclic) bond motifs is 8. The molecule has 16 nitrogen and oxygen atoms in total. The molecule has 0 fully saturated rings. The number of ether oxygens (including phenoxy) is 3. The van der Waals surface area contributed by atoms with Gasteiger partial charge in [0, 0.05) is 92.1 Å². The van der Waals surface area contributed by atoms with Gasteiger partial charge in [-0.3, -0.25) is 33.6 Å². The van der Waals surface area contributed by atoms with Gasteiger partial charge in [-0.05, 0) is 127 Å². The van der Waals surface area contributed by atoms with Gasteiger partial charge in [0.2, 0.25) is 23.6 Å². The topological polar surface area (TPSA) is 193 Å². The minimum atomic E-state index is -0.437. The third-order valence-corrected chi connectivity index (χ3v) is 14.3. The van der Waals surface area contributed by atoms with Crippen LogP contribution >= 0.6 is 0 Å². The predicted octanol–water partition coefficient (Wildman–Crippen LogP) is 7.55. The van der Waals surface area contributed by atoms with Crippen LogP contribution in [0.15, 0.2) is 91.0 Å². The first-order valence-corrected chi connectivity index (χ1v) is 25.6. The monoisotopic (exact) mass is 1010 g/mol. The fourth-order valence-electron chi connectivity index (χ4n) is 10.4. The first-order valence-electron chi connectivity index (χ1n) is 25.6. The Morgan fingerprint density at radius 3 is 2.05 bits per heavy atom. The average Bonchev–Trinajstić information content (AvgIpc) is 3.93. The van der Waals surface area contributed by atoms with Crippen LogP contribution in [0.4, 0.5) is 22.7 Å². The lowest BCUT2D eigenvalue weighted by Crippen LogP contribution is -2.38. The van der Waals surface area contributed by atoms with Crippen molar-refractivity contribution >= 4 is 70.1 Å². The zero-order valence-corrected chi connectivity index (χ0v) is 42.8. The summed E-state index contributed by atoms with van der Waals surface area (Å²) in [4.78, 5) is 94.3. The molecule has 4 heterocycles. The van der Waals surface area contributed by atoms with E-state index in [-0.39, 0.29) is 93.2 Å². The summed E-state index contributed by atoms with van der Waals surface area (Å²) in [5.74, 6) is -0.138. The molecule has 4 aliphatic rings. The van der Waals surface area contributed by atoms with E-state index in [1.807, 2.05) is 95.1 Å². The molecular formula is C59H62N6O10. The molecule has 0 aliphatic carbocycles. The molecule has 0 unspecified atom stereocenters. The molecule has 75 heavy (non-hydrogen) atoms. The van der Waals surface area contributed by atoms with Crippen molar-refractivity contribution in [1.82, 2.24) is 10.6 Å². The molecule has 388 valence electrons. The Balaban J connectivity index is 0.880. The van der Waals surface area contributed by atoms with Gasteiger partial charge in [0.15, 0.2) is 17.3 Å². The van der Waals surface area contributed by atoms with Gasteiger partial charge in [0.05, 0.1) is 19.3 Å². The molecule has 3 N–H and O–H groups in total. The summed E-state index contributed by atoms with van der Waals surface area (Å²) in [5, 5.41) is 8.02. The second-order valence-corrected chi connectivity index (χ2v) is 19.6. The molecule has 0 radical (unpaired) electrons. The number of unbranched alkanes of at least 4 members (excludes halogenated alkanes) is 1. The maximum Gasteiger partial charge on any atom is 0.258 e. The number of anilines is 3. The number of nitrogens with one attached hydrogen (secondary N) is 3. The number of nitrogens with zero attached hydrogens (tertiary/aromatic N) is 3. The van der Waals surface area contributed by atoms with Gasteiger partial charge < -0.3 is 44.5 Å². The lowest BCUT2D eigenvalue weighted by atomic mass is 9.99. The van der Waals surface area contributed by atoms with E-state index < -0.39 is 11.8 Å². The summed E-state index contributed by atoms with van der Waals surface area (Å²) in [6.45, 7) is 1.76. The summed E-state index contributed by atoms with van der Waals surface area (Å²) >= 11 is 0. The van der Waals surface area contributed by atoms with E-state index in [2.05, 4.69) is 28.2 Å². The number of methoxy groups -OCH3 is 1. The predicted molar refractivity (Wildman–Crippen MR) is 283 cm³/mol. The van der Waals surface area contributed by atoms with E-state index in [1.54, 1.807) is 25.2 Å². The maximum absolute atomic E-state index is 14.2. The second kappa shape index (κ2) is 23.0. The molecule has 16 heteroatoms. The summed E-state index contributed by atoms with van der Waals surface area (Å²) in [7, 11) is 4.98. The highest BCUT2D eigenvalue weighted by atomic mass is 16.5. The molecule has 0 saturated carbocycles. The van der Waals surface area contributed by atoms with Crippen LogP contribution in [-0.2, 0) is 56.4 Å². The minimum Gasteiger partial charge on any atom is -0.493 e. The quantitative estimate of drug-likeness (QED) is 0.0376. The molecule has 0 bridgehead atoms. The Hall–Kier alpha value is -8.14. The number of carbonyl (C=O) groups is 7. The molecule has 0 saturated heterocycles. The van der Waals surface area contributed by atoms with E-state index in [4.69, 9.17) is 14.2 Å². The Morgan fingerprint density at radius 2 is 1.32 bits per heavy atom. The zero-order chi connectivity index (χ0) is 52.8. The van der Waals surface area contributed by atoms with Gasteiger partial charge in [0.25, 0.3) is 5.91 Å². The van der Waals surface area contributed by atoms with E-state index in [1.165, 1.54) is 7.11 Å². The van der Waals surface area contributed by atoms with Crippen molar-refractivity contribution in [3.8, 4) is 17.2 Å². The minimum absolute atomic E-state index is 0.0360. The van der Waals surface area contributed by atoms with Crippen LogP contribution < -0.4 is 40.0 Å². The van der Waals surface area contributed by atoms with Crippen LogP contribution in [0.25, 0.3) is 0 Å². The molecule has 2 atom stereocenters. The van der Waals surface area contributed by atoms with Crippen molar-refractivity contribution in [3.05, 3.63) is 136 Å². The Bertz CT molecular complexity index is 3130. The Morgan fingerprint density at radius 1 is 0.667 bits per heavy atom. The lowest BCUT2D eigenvalue weighted by molar-refractivity contribution is -0.401. The smallest absolute Gasteiger partial charge is 0.258 e. The van der Waals surface area contributed by atoms with Crippen LogP contribution in [0, 0.1) is 6.92 Å². The molecule has 0 spiro atoms. The number of ketones is 2. The first-order chi connectivity index (χ1) is 36.3. The van der Waals surface area contributed by atoms with Gasteiger partial charge in [-0.1, -0.05) is 42.5 Å². The molecule has 0 aromatic heterocycles. The van der Waals surface area contributed by atoms with Crippen LogP contribution in [0.3, 0.4) is 0 Å². The number of para-hydroxylation sites is 2. The van der Waals surface area contributed by atoms with Crippen molar-refractivity contribution in [2.24, 2.45) is 0 Å². The van der Waals surface area contributed by atoms with E-state index in [0.29, 0.717) is 83.0 Å². The molecule has 5 aromatic carbocycles. The number of rotatable bonds is 21. The van der Waals surface area contributed by atoms with Crippen molar-refractivity contribution in [2.75, 3.05) is 42.9 Å². The lowest BCUT2D eigenvalue weighted by Gasteiger charge is -2.23. The van der Waals surface area contributed by atoms with Crippen molar-refractivity contribution in [1.29, 1.82) is 0 Å². The highest BCUT2D eigenvalue weighted by molar-refractivity contribution is 6.13. The van der Waals surface area contributed by atoms with Crippen molar-refractivity contribution in [2.45, 2.75) is 109 Å². The van der Waals surface area contributed by atoms with Crippen molar-refractivity contribution in [3.63, 3.8) is 0 Å². The second-order valence-electron chi connectivity index (χ2n) is 19.6. The van der Waals surface area contributed by atoms with E-state index in [9.17, 15) is 33.6 Å². The molecule has 5 aromatic rings. The van der Waals surface area contributed by atoms with Crippen LogP contribution in [-0.4, -0.2) is 91.7 Å². The average molecular weight is 1020 g/mol. The largest absolute Gasteiger partial charge is 0.493 e. The van der Waals surface area contributed by atoms with Crippen LogP contribution in [0.2, 0.25) is 0 Å². The number of benzene rings is 5. The van der Waals surface area contributed by atoms with Gasteiger partial charge >= 0.3 is 0 Å². The molecule has 4 aliphatic heterocycles. The van der Waals surface area contributed by atoms with Crippen molar-refractivity contribution < 1.29 is 52.3 Å². The van der Waals surface area contributed by atoms with E-state index in [0.717, 1.165) is 46.5 Å².